The fourth-order valence-corrected chi connectivity index (χ4v) is 4.72. The smallest absolute Gasteiger partial charge is 0.326 e. The van der Waals surface area contributed by atoms with Gasteiger partial charge in [-0.1, -0.05) is 11.6 Å². The molecule has 0 aromatic heterocycles. The fourth-order valence-electron chi connectivity index (χ4n) is 4.48. The van der Waals surface area contributed by atoms with E-state index in [1.807, 2.05) is 22.8 Å². The number of nitrogens with zero attached hydrogens (tertiary/aromatic N) is 3. The molecule has 1 N–H and O–H groups in total. The maximum Gasteiger partial charge on any atom is 0.389 e. The van der Waals surface area contributed by atoms with Gasteiger partial charge in [0.1, 0.15) is 0 Å². The van der Waals surface area contributed by atoms with Crippen molar-refractivity contribution in [2.24, 2.45) is 0 Å². The van der Waals surface area contributed by atoms with Crippen molar-refractivity contribution in [2.75, 3.05) is 38.0 Å². The minimum atomic E-state index is -4.26. The summed E-state index contributed by atoms with van der Waals surface area (Å²) in [5.74, 6) is -0.460. The van der Waals surface area contributed by atoms with Gasteiger partial charge in [0.2, 0.25) is 5.91 Å². The number of benzene rings is 1. The zero-order valence-corrected chi connectivity index (χ0v) is 19.9. The number of amides is 3. The first kappa shape index (κ1) is 25.6. The summed E-state index contributed by atoms with van der Waals surface area (Å²) in [4.78, 5) is 31.0. The number of anilines is 1. The van der Waals surface area contributed by atoms with E-state index in [0.29, 0.717) is 23.8 Å². The molecule has 2 heterocycles. The number of hydrogen-bond acceptors (Lipinski definition) is 3. The molecule has 3 rings (SSSR count). The fraction of sp³-hybridized carbons (Fsp3) is 0.652. The van der Waals surface area contributed by atoms with E-state index in [0.717, 1.165) is 50.1 Å². The lowest BCUT2D eigenvalue weighted by molar-refractivity contribution is -0.136. The van der Waals surface area contributed by atoms with Gasteiger partial charge in [-0.15, -0.1) is 0 Å². The average molecular weight is 489 g/mol. The van der Waals surface area contributed by atoms with E-state index in [1.165, 1.54) is 0 Å². The molecule has 0 radical (unpaired) electrons. The Bertz CT molecular complexity index is 859. The third-order valence-electron chi connectivity index (χ3n) is 6.35. The number of alkyl halides is 3. The van der Waals surface area contributed by atoms with Crippen LogP contribution in [0.5, 0.6) is 0 Å². The van der Waals surface area contributed by atoms with Crippen LogP contribution in [0.2, 0.25) is 5.02 Å². The molecule has 1 atom stereocenters. The van der Waals surface area contributed by atoms with Gasteiger partial charge >= 0.3 is 12.2 Å². The molecule has 1 aromatic carbocycles. The number of carbonyl (C=O) groups is 2. The van der Waals surface area contributed by atoms with E-state index < -0.39 is 18.5 Å². The number of halogens is 4. The predicted octanol–water partition coefficient (Wildman–Crippen LogP) is 5.04. The molecule has 2 fully saturated rings. The summed E-state index contributed by atoms with van der Waals surface area (Å²) in [6, 6.07) is 3.67. The Hall–Kier alpha value is -2.00. The van der Waals surface area contributed by atoms with Crippen molar-refractivity contribution in [1.29, 1.82) is 0 Å². The molecule has 0 bridgehead atoms. The van der Waals surface area contributed by atoms with E-state index in [9.17, 15) is 22.8 Å². The second kappa shape index (κ2) is 11.0. The van der Waals surface area contributed by atoms with Gasteiger partial charge in [0, 0.05) is 68.9 Å². The van der Waals surface area contributed by atoms with E-state index in [2.05, 4.69) is 17.1 Å². The Morgan fingerprint density at radius 2 is 1.85 bits per heavy atom. The topological polar surface area (TPSA) is 55.9 Å². The minimum Gasteiger partial charge on any atom is -0.326 e. The summed E-state index contributed by atoms with van der Waals surface area (Å²) in [5.41, 5.74) is 2.30. The summed E-state index contributed by atoms with van der Waals surface area (Å²) < 4.78 is 37.0. The summed E-state index contributed by atoms with van der Waals surface area (Å²) >= 11 is 6.28. The monoisotopic (exact) mass is 488 g/mol. The van der Waals surface area contributed by atoms with Gasteiger partial charge in [-0.3, -0.25) is 9.69 Å². The van der Waals surface area contributed by atoms with E-state index in [4.69, 9.17) is 11.6 Å². The maximum atomic E-state index is 12.8. The molecule has 2 aliphatic rings. The van der Waals surface area contributed by atoms with Crippen molar-refractivity contribution in [3.8, 4) is 0 Å². The van der Waals surface area contributed by atoms with Gasteiger partial charge in [0.25, 0.3) is 0 Å². The van der Waals surface area contributed by atoms with Crippen LogP contribution in [0.15, 0.2) is 12.1 Å². The number of piperazine rings is 1. The molecule has 0 aliphatic carbocycles. The molecule has 0 unspecified atom stereocenters. The largest absolute Gasteiger partial charge is 0.389 e. The second-order valence-corrected chi connectivity index (χ2v) is 9.45. The standard InChI is InChI=1S/C23H32ClF3N4O2/c1-16-14-29(10-11-31(16)22(33)30-8-3-4-9-30)15-18-12-19(24)13-20(17(18)2)28-21(32)6-5-7-23(25,26)27/h12-13,16H,3-11,14-15H2,1-2H3,(H,28,32)/t16-/m0/s1. The molecule has 184 valence electrons. The van der Waals surface area contributed by atoms with Gasteiger partial charge < -0.3 is 15.1 Å². The van der Waals surface area contributed by atoms with Crippen molar-refractivity contribution in [2.45, 2.75) is 64.7 Å². The number of nitrogens with one attached hydrogen (secondary N) is 1. The number of carbonyl (C=O) groups excluding carboxylic acids is 2. The van der Waals surface area contributed by atoms with Crippen LogP contribution < -0.4 is 5.32 Å². The van der Waals surface area contributed by atoms with Crippen LogP contribution in [-0.4, -0.2) is 71.6 Å². The van der Waals surface area contributed by atoms with Crippen molar-refractivity contribution >= 4 is 29.2 Å². The quantitative estimate of drug-likeness (QED) is 0.610. The minimum absolute atomic E-state index is 0.0825. The average Bonchev–Trinajstić information content (AvgIpc) is 3.25. The van der Waals surface area contributed by atoms with E-state index >= 15 is 0 Å². The molecule has 2 aliphatic heterocycles. The highest BCUT2D eigenvalue weighted by Crippen LogP contribution is 2.28. The third kappa shape index (κ3) is 7.24. The second-order valence-electron chi connectivity index (χ2n) is 9.01. The zero-order chi connectivity index (χ0) is 24.2. The molecule has 10 heteroatoms. The molecule has 0 spiro atoms. The van der Waals surface area contributed by atoms with Crippen molar-refractivity contribution in [3.63, 3.8) is 0 Å². The van der Waals surface area contributed by atoms with Crippen LogP contribution in [0.3, 0.4) is 0 Å². The lowest BCUT2D eigenvalue weighted by atomic mass is 10.0. The van der Waals surface area contributed by atoms with Crippen molar-refractivity contribution < 1.29 is 22.8 Å². The molecule has 33 heavy (non-hydrogen) atoms. The van der Waals surface area contributed by atoms with E-state index in [1.54, 1.807) is 6.07 Å². The number of likely N-dealkylation sites (tertiary alicyclic amines) is 1. The molecule has 6 nitrogen and oxygen atoms in total. The lowest BCUT2D eigenvalue weighted by Crippen LogP contribution is -2.56. The molecule has 3 amide bonds. The van der Waals surface area contributed by atoms with Crippen LogP contribution in [0.1, 0.15) is 50.2 Å². The van der Waals surface area contributed by atoms with Crippen LogP contribution in [0.25, 0.3) is 0 Å². The highest BCUT2D eigenvalue weighted by molar-refractivity contribution is 6.31. The molecular weight excluding hydrogens is 457 g/mol. The first-order valence-corrected chi connectivity index (χ1v) is 11.8. The summed E-state index contributed by atoms with van der Waals surface area (Å²) in [6.07, 6.45) is -3.57. The summed E-state index contributed by atoms with van der Waals surface area (Å²) in [6.45, 7) is 8.31. The van der Waals surface area contributed by atoms with Crippen LogP contribution >= 0.6 is 11.6 Å². The number of hydrogen-bond donors (Lipinski definition) is 1. The number of rotatable bonds is 6. The van der Waals surface area contributed by atoms with Crippen molar-refractivity contribution in [1.82, 2.24) is 14.7 Å². The predicted molar refractivity (Wildman–Crippen MR) is 122 cm³/mol. The Morgan fingerprint density at radius 1 is 1.15 bits per heavy atom. The van der Waals surface area contributed by atoms with Crippen LogP contribution in [0.4, 0.5) is 23.7 Å². The Morgan fingerprint density at radius 3 is 2.48 bits per heavy atom. The van der Waals surface area contributed by atoms with Gasteiger partial charge in [0.15, 0.2) is 0 Å². The molecule has 0 saturated carbocycles. The lowest BCUT2D eigenvalue weighted by Gasteiger charge is -2.41. The highest BCUT2D eigenvalue weighted by atomic mass is 35.5. The van der Waals surface area contributed by atoms with Gasteiger partial charge in [-0.05, 0) is 56.4 Å². The normalized spacial score (nSPS) is 19.8. The molecule has 2 saturated heterocycles. The van der Waals surface area contributed by atoms with E-state index in [-0.39, 0.29) is 24.9 Å². The van der Waals surface area contributed by atoms with Crippen LogP contribution in [-0.2, 0) is 11.3 Å². The first-order valence-electron chi connectivity index (χ1n) is 11.5. The van der Waals surface area contributed by atoms with Crippen molar-refractivity contribution in [3.05, 3.63) is 28.3 Å². The molecule has 1 aromatic rings. The maximum absolute atomic E-state index is 12.8. The Kier molecular flexibility index (Phi) is 8.50. The zero-order valence-electron chi connectivity index (χ0n) is 19.2. The first-order chi connectivity index (χ1) is 15.5. The summed E-state index contributed by atoms with van der Waals surface area (Å²) in [7, 11) is 0. The summed E-state index contributed by atoms with van der Waals surface area (Å²) in [5, 5.41) is 3.16. The Balaban J connectivity index is 1.58. The molecular formula is C23H32ClF3N4O2. The SMILES string of the molecule is Cc1c(CN2CCN(C(=O)N3CCCC3)[C@@H](C)C2)cc(Cl)cc1NC(=O)CCCC(F)(F)F. The van der Waals surface area contributed by atoms with Gasteiger partial charge in [0.05, 0.1) is 0 Å². The van der Waals surface area contributed by atoms with Gasteiger partial charge in [-0.2, -0.15) is 13.2 Å². The van der Waals surface area contributed by atoms with Crippen LogP contribution in [0, 0.1) is 6.92 Å². The number of urea groups is 1. The third-order valence-corrected chi connectivity index (χ3v) is 6.56. The van der Waals surface area contributed by atoms with Gasteiger partial charge in [-0.25, -0.2) is 4.79 Å². The highest BCUT2D eigenvalue weighted by Gasteiger charge is 2.31. The Labute approximate surface area is 198 Å².